The highest BCUT2D eigenvalue weighted by Gasteiger charge is 2.28. The summed E-state index contributed by atoms with van der Waals surface area (Å²) in [5.41, 5.74) is 4.49. The van der Waals surface area contributed by atoms with E-state index in [2.05, 4.69) is 37.5 Å². The van der Waals surface area contributed by atoms with Crippen LogP contribution in [0.25, 0.3) is 5.69 Å². The third kappa shape index (κ3) is 6.21. The lowest BCUT2D eigenvalue weighted by atomic mass is 10.1. The topological polar surface area (TPSA) is 44.6 Å². The zero-order valence-electron chi connectivity index (χ0n) is 22.9. The molecular weight excluding hydrogens is 465 g/mol. The van der Waals surface area contributed by atoms with Gasteiger partial charge in [0.25, 0.3) is 5.91 Å². The summed E-state index contributed by atoms with van der Waals surface area (Å²) in [5, 5.41) is 4.88. The molecule has 1 aromatic heterocycles. The molecule has 0 spiro atoms. The SMILES string of the molecule is CCc1ccc(C(=O)N(Cc2c(C)nn(-c3cccc(F)c3)c2N2CCN(CC)CC2)CC(C)C)cc1. The molecule has 0 radical (unpaired) electrons. The summed E-state index contributed by atoms with van der Waals surface area (Å²) in [6, 6.07) is 14.5. The number of benzene rings is 2. The molecule has 1 fully saturated rings. The van der Waals surface area contributed by atoms with Crippen LogP contribution in [0.5, 0.6) is 0 Å². The summed E-state index contributed by atoms with van der Waals surface area (Å²) in [7, 11) is 0. The largest absolute Gasteiger partial charge is 0.354 e. The molecule has 4 rings (SSSR count). The number of likely N-dealkylation sites (N-methyl/N-ethyl adjacent to an activating group) is 1. The number of nitrogens with zero attached hydrogens (tertiary/aromatic N) is 5. The quantitative estimate of drug-likeness (QED) is 0.395. The van der Waals surface area contributed by atoms with Crippen molar-refractivity contribution < 1.29 is 9.18 Å². The number of rotatable bonds is 9. The van der Waals surface area contributed by atoms with Gasteiger partial charge in [0.1, 0.15) is 11.6 Å². The van der Waals surface area contributed by atoms with E-state index in [0.29, 0.717) is 30.3 Å². The molecule has 0 saturated carbocycles. The highest BCUT2D eigenvalue weighted by atomic mass is 19.1. The minimum Gasteiger partial charge on any atom is -0.354 e. The average molecular weight is 506 g/mol. The molecule has 2 heterocycles. The van der Waals surface area contributed by atoms with Gasteiger partial charge < -0.3 is 14.7 Å². The number of carbonyl (C=O) groups excluding carboxylic acids is 1. The smallest absolute Gasteiger partial charge is 0.254 e. The molecule has 0 aliphatic carbocycles. The van der Waals surface area contributed by atoms with E-state index in [-0.39, 0.29) is 11.7 Å². The van der Waals surface area contributed by atoms with Crippen LogP contribution in [0.1, 0.15) is 54.9 Å². The summed E-state index contributed by atoms with van der Waals surface area (Å²) >= 11 is 0. The second-order valence-electron chi connectivity index (χ2n) is 10.3. The van der Waals surface area contributed by atoms with Crippen LogP contribution in [-0.2, 0) is 13.0 Å². The monoisotopic (exact) mass is 505 g/mol. The Balaban J connectivity index is 1.74. The Morgan fingerprint density at radius 3 is 2.35 bits per heavy atom. The minimum absolute atomic E-state index is 0.0241. The maximum Gasteiger partial charge on any atom is 0.254 e. The van der Waals surface area contributed by atoms with Gasteiger partial charge in [-0.05, 0) is 61.7 Å². The van der Waals surface area contributed by atoms with Crippen LogP contribution in [0.3, 0.4) is 0 Å². The number of carbonyl (C=O) groups is 1. The first-order chi connectivity index (χ1) is 17.8. The molecule has 0 N–H and O–H groups in total. The second kappa shape index (κ2) is 11.9. The van der Waals surface area contributed by atoms with Gasteiger partial charge in [-0.2, -0.15) is 5.10 Å². The van der Waals surface area contributed by atoms with Crippen molar-refractivity contribution in [3.8, 4) is 5.69 Å². The van der Waals surface area contributed by atoms with Crippen molar-refractivity contribution in [3.05, 3.63) is 76.7 Å². The molecular formula is C30H40FN5O. The van der Waals surface area contributed by atoms with Crippen molar-refractivity contribution in [1.29, 1.82) is 0 Å². The van der Waals surface area contributed by atoms with E-state index in [1.165, 1.54) is 17.7 Å². The summed E-state index contributed by atoms with van der Waals surface area (Å²) in [5.74, 6) is 1.01. The number of amides is 1. The molecule has 1 aliphatic rings. The number of aryl methyl sites for hydroxylation is 2. The zero-order valence-corrected chi connectivity index (χ0v) is 22.9. The predicted molar refractivity (Wildman–Crippen MR) is 148 cm³/mol. The minimum atomic E-state index is -0.291. The van der Waals surface area contributed by atoms with Gasteiger partial charge in [0.05, 0.1) is 17.9 Å². The van der Waals surface area contributed by atoms with Crippen molar-refractivity contribution in [1.82, 2.24) is 19.6 Å². The van der Waals surface area contributed by atoms with Crippen molar-refractivity contribution in [3.63, 3.8) is 0 Å². The summed E-state index contributed by atoms with van der Waals surface area (Å²) < 4.78 is 16.1. The van der Waals surface area contributed by atoms with Crippen LogP contribution in [0.4, 0.5) is 10.2 Å². The molecule has 6 nitrogen and oxygen atoms in total. The van der Waals surface area contributed by atoms with Crippen LogP contribution in [0.2, 0.25) is 0 Å². The van der Waals surface area contributed by atoms with Crippen LogP contribution in [-0.4, -0.2) is 64.8 Å². The Labute approximate surface area is 220 Å². The molecule has 0 bridgehead atoms. The van der Waals surface area contributed by atoms with Gasteiger partial charge >= 0.3 is 0 Å². The average Bonchev–Trinajstić information content (AvgIpc) is 3.23. The van der Waals surface area contributed by atoms with E-state index in [4.69, 9.17) is 5.10 Å². The second-order valence-corrected chi connectivity index (χ2v) is 10.3. The van der Waals surface area contributed by atoms with E-state index >= 15 is 0 Å². The molecule has 1 amide bonds. The lowest BCUT2D eigenvalue weighted by molar-refractivity contribution is 0.0722. The first kappa shape index (κ1) is 26.9. The molecule has 198 valence electrons. The molecule has 1 saturated heterocycles. The number of hydrogen-bond acceptors (Lipinski definition) is 4. The normalized spacial score (nSPS) is 14.4. The van der Waals surface area contributed by atoms with Gasteiger partial charge in [0.2, 0.25) is 0 Å². The summed E-state index contributed by atoms with van der Waals surface area (Å²) in [6.07, 6.45) is 0.942. The highest BCUT2D eigenvalue weighted by Crippen LogP contribution is 2.30. The molecule has 2 aromatic carbocycles. The van der Waals surface area contributed by atoms with Crippen LogP contribution in [0, 0.1) is 18.7 Å². The number of halogens is 1. The predicted octanol–water partition coefficient (Wildman–Crippen LogP) is 5.32. The van der Waals surface area contributed by atoms with Crippen molar-refractivity contribution in [2.45, 2.75) is 47.6 Å². The molecule has 7 heteroatoms. The lowest BCUT2D eigenvalue weighted by Gasteiger charge is -2.36. The Morgan fingerprint density at radius 1 is 1.05 bits per heavy atom. The van der Waals surface area contributed by atoms with Gasteiger partial charge in [0.15, 0.2) is 0 Å². The zero-order chi connectivity index (χ0) is 26.5. The fraction of sp³-hybridized carbons (Fsp3) is 0.467. The van der Waals surface area contributed by atoms with Crippen LogP contribution < -0.4 is 4.90 Å². The Morgan fingerprint density at radius 2 is 1.76 bits per heavy atom. The van der Waals surface area contributed by atoms with E-state index in [0.717, 1.165) is 56.2 Å². The van der Waals surface area contributed by atoms with Gasteiger partial charge in [-0.1, -0.05) is 45.9 Å². The van der Waals surface area contributed by atoms with E-state index < -0.39 is 0 Å². The molecule has 37 heavy (non-hydrogen) atoms. The van der Waals surface area contributed by atoms with Crippen molar-refractivity contribution >= 4 is 11.7 Å². The third-order valence-corrected chi connectivity index (χ3v) is 7.16. The van der Waals surface area contributed by atoms with Gasteiger partial charge in [-0.25, -0.2) is 9.07 Å². The third-order valence-electron chi connectivity index (χ3n) is 7.16. The summed E-state index contributed by atoms with van der Waals surface area (Å²) in [6.45, 7) is 16.3. The lowest BCUT2D eigenvalue weighted by Crippen LogP contribution is -2.47. The molecule has 3 aromatic rings. The van der Waals surface area contributed by atoms with E-state index in [1.54, 1.807) is 6.07 Å². The van der Waals surface area contributed by atoms with Crippen molar-refractivity contribution in [2.24, 2.45) is 5.92 Å². The number of aromatic nitrogens is 2. The Kier molecular flexibility index (Phi) is 8.64. The molecule has 1 aliphatic heterocycles. The van der Waals surface area contributed by atoms with Gasteiger partial charge in [-0.3, -0.25) is 4.79 Å². The van der Waals surface area contributed by atoms with E-state index in [1.807, 2.05) is 46.8 Å². The first-order valence-electron chi connectivity index (χ1n) is 13.5. The summed E-state index contributed by atoms with van der Waals surface area (Å²) in [4.78, 5) is 20.4. The standard InChI is InChI=1S/C30H40FN5O/c1-6-24-11-13-25(14-12-24)30(37)35(20-22(3)4)21-28-23(5)32-36(27-10-8-9-26(31)19-27)29(28)34-17-15-33(7-2)16-18-34/h8-14,19,22H,6-7,15-18,20-21H2,1-5H3. The molecule has 0 atom stereocenters. The molecule has 0 unspecified atom stereocenters. The number of anilines is 1. The van der Waals surface area contributed by atoms with Crippen LogP contribution in [0.15, 0.2) is 48.5 Å². The van der Waals surface area contributed by atoms with Crippen LogP contribution >= 0.6 is 0 Å². The fourth-order valence-electron chi connectivity index (χ4n) is 5.04. The maximum atomic E-state index is 14.2. The fourth-order valence-corrected chi connectivity index (χ4v) is 5.04. The van der Waals surface area contributed by atoms with E-state index in [9.17, 15) is 9.18 Å². The Bertz CT molecular complexity index is 1200. The van der Waals surface area contributed by atoms with Crippen molar-refractivity contribution in [2.75, 3.05) is 44.2 Å². The maximum absolute atomic E-state index is 14.2. The number of hydrogen-bond donors (Lipinski definition) is 0. The first-order valence-corrected chi connectivity index (χ1v) is 13.5. The van der Waals surface area contributed by atoms with Gasteiger partial charge in [0, 0.05) is 43.9 Å². The highest BCUT2D eigenvalue weighted by molar-refractivity contribution is 5.94. The number of piperazine rings is 1. The Hall–Kier alpha value is -3.19. The van der Waals surface area contributed by atoms with Gasteiger partial charge in [-0.15, -0.1) is 0 Å².